The van der Waals surface area contributed by atoms with Crippen molar-refractivity contribution in [3.8, 4) is 0 Å². The molecule has 1 aromatic rings. The smallest absolute Gasteiger partial charge is 0.169 e. The third kappa shape index (κ3) is 3.18. The standard InChI is InChI=1S/C8H10N2O3/c11-8(12)5-9-6-1-3-7(10-13)4-2-6/h1-4,8-9,11-12H,5H2. The lowest BCUT2D eigenvalue weighted by atomic mass is 10.3. The van der Waals surface area contributed by atoms with Gasteiger partial charge in [0.05, 0.1) is 6.54 Å². The van der Waals surface area contributed by atoms with E-state index in [-0.39, 0.29) is 6.54 Å². The molecule has 0 bridgehead atoms. The van der Waals surface area contributed by atoms with E-state index in [0.29, 0.717) is 11.4 Å². The molecule has 0 atom stereocenters. The third-order valence-electron chi connectivity index (χ3n) is 1.46. The number of hydrogen-bond donors (Lipinski definition) is 3. The Hall–Kier alpha value is -1.46. The number of aliphatic hydroxyl groups excluding tert-OH is 1. The van der Waals surface area contributed by atoms with Crippen molar-refractivity contribution < 1.29 is 10.2 Å². The second kappa shape index (κ2) is 4.54. The Kier molecular flexibility index (Phi) is 3.36. The van der Waals surface area contributed by atoms with Crippen LogP contribution >= 0.6 is 0 Å². The van der Waals surface area contributed by atoms with Crippen LogP contribution in [0.15, 0.2) is 29.4 Å². The molecule has 1 rings (SSSR count). The predicted octanol–water partition coefficient (Wildman–Crippen LogP) is 0.807. The van der Waals surface area contributed by atoms with Crippen LogP contribution in [0.1, 0.15) is 0 Å². The zero-order chi connectivity index (χ0) is 9.68. The molecular weight excluding hydrogens is 172 g/mol. The van der Waals surface area contributed by atoms with Crippen molar-refractivity contribution in [2.24, 2.45) is 5.18 Å². The van der Waals surface area contributed by atoms with Crippen LogP contribution in [-0.2, 0) is 0 Å². The van der Waals surface area contributed by atoms with Gasteiger partial charge in [0.25, 0.3) is 0 Å². The Morgan fingerprint density at radius 2 is 1.92 bits per heavy atom. The van der Waals surface area contributed by atoms with Gasteiger partial charge in [0.1, 0.15) is 5.69 Å². The molecule has 0 amide bonds. The maximum absolute atomic E-state index is 10.0. The van der Waals surface area contributed by atoms with Gasteiger partial charge >= 0.3 is 0 Å². The number of nitrogens with zero attached hydrogens (tertiary/aromatic N) is 1. The summed E-state index contributed by atoms with van der Waals surface area (Å²) in [4.78, 5) is 10.0. The van der Waals surface area contributed by atoms with Crippen LogP contribution in [0.5, 0.6) is 0 Å². The lowest BCUT2D eigenvalue weighted by Crippen LogP contribution is -2.17. The molecule has 0 saturated carbocycles. The van der Waals surface area contributed by atoms with E-state index in [1.54, 1.807) is 24.3 Å². The summed E-state index contributed by atoms with van der Waals surface area (Å²) in [5.41, 5.74) is 1.05. The van der Waals surface area contributed by atoms with E-state index >= 15 is 0 Å². The summed E-state index contributed by atoms with van der Waals surface area (Å²) in [6.07, 6.45) is -1.39. The van der Waals surface area contributed by atoms with E-state index in [2.05, 4.69) is 10.5 Å². The van der Waals surface area contributed by atoms with Crippen molar-refractivity contribution in [1.82, 2.24) is 0 Å². The van der Waals surface area contributed by atoms with Gasteiger partial charge in [-0.1, -0.05) is 0 Å². The first-order valence-electron chi connectivity index (χ1n) is 3.76. The molecule has 0 aliphatic rings. The van der Waals surface area contributed by atoms with Crippen molar-refractivity contribution >= 4 is 11.4 Å². The topological polar surface area (TPSA) is 81.9 Å². The first kappa shape index (κ1) is 9.63. The monoisotopic (exact) mass is 182 g/mol. The summed E-state index contributed by atoms with van der Waals surface area (Å²) in [7, 11) is 0. The lowest BCUT2D eigenvalue weighted by molar-refractivity contribution is -0.0275. The van der Waals surface area contributed by atoms with E-state index in [9.17, 15) is 4.91 Å². The maximum Gasteiger partial charge on any atom is 0.169 e. The molecule has 0 spiro atoms. The summed E-state index contributed by atoms with van der Waals surface area (Å²) < 4.78 is 0. The van der Waals surface area contributed by atoms with Crippen LogP contribution < -0.4 is 5.32 Å². The molecule has 0 aromatic heterocycles. The summed E-state index contributed by atoms with van der Waals surface area (Å²) in [5, 5.41) is 22.6. The molecule has 0 fully saturated rings. The highest BCUT2D eigenvalue weighted by atomic mass is 16.5. The Morgan fingerprint density at radius 3 is 2.38 bits per heavy atom. The summed E-state index contributed by atoms with van der Waals surface area (Å²) >= 11 is 0. The zero-order valence-corrected chi connectivity index (χ0v) is 6.84. The van der Waals surface area contributed by atoms with Crippen LogP contribution in [0.25, 0.3) is 0 Å². The van der Waals surface area contributed by atoms with Gasteiger partial charge in [-0.15, -0.1) is 4.91 Å². The minimum Gasteiger partial charge on any atom is -0.380 e. The molecule has 3 N–H and O–H groups in total. The van der Waals surface area contributed by atoms with Gasteiger partial charge in [-0.2, -0.15) is 0 Å². The molecule has 5 nitrogen and oxygen atoms in total. The van der Waals surface area contributed by atoms with Crippen LogP contribution in [-0.4, -0.2) is 23.0 Å². The largest absolute Gasteiger partial charge is 0.380 e. The molecule has 5 heteroatoms. The SMILES string of the molecule is O=Nc1ccc(NCC(O)O)cc1. The molecule has 0 heterocycles. The van der Waals surface area contributed by atoms with Gasteiger partial charge in [-0.25, -0.2) is 0 Å². The maximum atomic E-state index is 10.0. The molecule has 70 valence electrons. The highest BCUT2D eigenvalue weighted by Crippen LogP contribution is 2.15. The number of nitrogens with one attached hydrogen (secondary N) is 1. The quantitative estimate of drug-likeness (QED) is 0.475. The summed E-state index contributed by atoms with van der Waals surface area (Å²) in [6, 6.07) is 6.36. The number of aliphatic hydroxyl groups is 2. The zero-order valence-electron chi connectivity index (χ0n) is 6.84. The molecule has 1 aromatic carbocycles. The van der Waals surface area contributed by atoms with Gasteiger partial charge in [-0.3, -0.25) is 0 Å². The number of anilines is 1. The Morgan fingerprint density at radius 1 is 1.31 bits per heavy atom. The average Bonchev–Trinajstić information content (AvgIpc) is 2.15. The first-order valence-corrected chi connectivity index (χ1v) is 3.76. The van der Waals surface area contributed by atoms with E-state index in [4.69, 9.17) is 10.2 Å². The van der Waals surface area contributed by atoms with E-state index in [1.165, 1.54) is 0 Å². The molecule has 0 radical (unpaired) electrons. The second-order valence-corrected chi connectivity index (χ2v) is 2.50. The van der Waals surface area contributed by atoms with Gasteiger partial charge < -0.3 is 15.5 Å². The molecular formula is C8H10N2O3. The van der Waals surface area contributed by atoms with Gasteiger partial charge in [0.15, 0.2) is 6.29 Å². The molecule has 0 unspecified atom stereocenters. The molecule has 0 aliphatic carbocycles. The minimum atomic E-state index is -1.39. The molecule has 0 aliphatic heterocycles. The average molecular weight is 182 g/mol. The fourth-order valence-corrected chi connectivity index (χ4v) is 0.849. The van der Waals surface area contributed by atoms with Crippen LogP contribution in [0.2, 0.25) is 0 Å². The van der Waals surface area contributed by atoms with E-state index in [1.807, 2.05) is 0 Å². The number of rotatable bonds is 4. The van der Waals surface area contributed by atoms with Gasteiger partial charge in [0.2, 0.25) is 0 Å². The van der Waals surface area contributed by atoms with Crippen molar-refractivity contribution in [1.29, 1.82) is 0 Å². The highest BCUT2D eigenvalue weighted by Gasteiger charge is 1.97. The van der Waals surface area contributed by atoms with Gasteiger partial charge in [-0.05, 0) is 29.4 Å². The number of benzene rings is 1. The fraction of sp³-hybridized carbons (Fsp3) is 0.250. The summed E-state index contributed by atoms with van der Waals surface area (Å²) in [5.74, 6) is 0. The fourth-order valence-electron chi connectivity index (χ4n) is 0.849. The van der Waals surface area contributed by atoms with E-state index in [0.717, 1.165) is 0 Å². The Balaban J connectivity index is 2.54. The van der Waals surface area contributed by atoms with Gasteiger partial charge in [0, 0.05) is 5.69 Å². The Bertz CT molecular complexity index is 271. The molecule has 0 saturated heterocycles. The highest BCUT2D eigenvalue weighted by molar-refractivity contribution is 5.50. The molecule has 13 heavy (non-hydrogen) atoms. The van der Waals surface area contributed by atoms with E-state index < -0.39 is 6.29 Å². The van der Waals surface area contributed by atoms with Crippen molar-refractivity contribution in [2.45, 2.75) is 6.29 Å². The van der Waals surface area contributed by atoms with Crippen LogP contribution in [0.3, 0.4) is 0 Å². The first-order chi connectivity index (χ1) is 6.22. The number of nitroso groups, excluding NO2 is 1. The lowest BCUT2D eigenvalue weighted by Gasteiger charge is -2.06. The number of hydrogen-bond acceptors (Lipinski definition) is 5. The minimum absolute atomic E-state index is 0.0495. The van der Waals surface area contributed by atoms with Crippen LogP contribution in [0, 0.1) is 4.91 Å². The predicted molar refractivity (Wildman–Crippen MR) is 48.6 cm³/mol. The Labute approximate surface area is 75.0 Å². The third-order valence-corrected chi connectivity index (χ3v) is 1.46. The van der Waals surface area contributed by atoms with Crippen LogP contribution in [0.4, 0.5) is 11.4 Å². The normalized spacial score (nSPS) is 10.1. The second-order valence-electron chi connectivity index (χ2n) is 2.50. The summed E-state index contributed by atoms with van der Waals surface area (Å²) in [6.45, 7) is 0.0495. The van der Waals surface area contributed by atoms with Crippen molar-refractivity contribution in [3.05, 3.63) is 29.2 Å². The van der Waals surface area contributed by atoms with Crippen molar-refractivity contribution in [2.75, 3.05) is 11.9 Å². The van der Waals surface area contributed by atoms with Crippen molar-refractivity contribution in [3.63, 3.8) is 0 Å².